The highest BCUT2D eigenvalue weighted by Gasteiger charge is 2.16. The van der Waals surface area contributed by atoms with Crippen molar-refractivity contribution in [3.63, 3.8) is 0 Å². The molecular formula is C19H25NO. The monoisotopic (exact) mass is 283 g/mol. The molecule has 21 heavy (non-hydrogen) atoms. The first kappa shape index (κ1) is 17.0. The normalized spacial score (nSPS) is 12.0. The standard InChI is InChI=1S/C19H25NO/c1-4-6-8-9-12-18-17(13-10-14-19(18)21-3)16(15-20)11-7-5-2/h5,8-10,13-14,16H,2,4,6-7,11-12H2,1,3H3/b9-8+. The molecule has 0 fully saturated rings. The van der Waals surface area contributed by atoms with E-state index in [1.807, 2.05) is 24.3 Å². The van der Waals surface area contributed by atoms with Crippen molar-refractivity contribution in [3.8, 4) is 11.8 Å². The van der Waals surface area contributed by atoms with Gasteiger partial charge in [-0.2, -0.15) is 5.26 Å². The summed E-state index contributed by atoms with van der Waals surface area (Å²) < 4.78 is 5.48. The molecule has 0 aliphatic heterocycles. The van der Waals surface area contributed by atoms with E-state index in [1.165, 1.54) is 0 Å². The molecule has 0 heterocycles. The lowest BCUT2D eigenvalue weighted by Crippen LogP contribution is -2.03. The molecule has 1 aromatic rings. The first-order chi connectivity index (χ1) is 10.3. The van der Waals surface area contributed by atoms with Crippen molar-refractivity contribution in [2.75, 3.05) is 7.11 Å². The molecule has 0 radical (unpaired) electrons. The van der Waals surface area contributed by atoms with Gasteiger partial charge >= 0.3 is 0 Å². The van der Waals surface area contributed by atoms with Crippen molar-refractivity contribution in [3.05, 3.63) is 54.1 Å². The second-order valence-corrected chi connectivity index (χ2v) is 5.04. The minimum atomic E-state index is -0.104. The summed E-state index contributed by atoms with van der Waals surface area (Å²) in [5.41, 5.74) is 2.21. The number of hydrogen-bond donors (Lipinski definition) is 0. The third-order valence-corrected chi connectivity index (χ3v) is 3.52. The van der Waals surface area contributed by atoms with Gasteiger partial charge in [0.1, 0.15) is 5.75 Å². The van der Waals surface area contributed by atoms with Crippen LogP contribution < -0.4 is 4.74 Å². The Morgan fingerprint density at radius 2 is 2.14 bits per heavy atom. The fourth-order valence-corrected chi connectivity index (χ4v) is 2.38. The summed E-state index contributed by atoms with van der Waals surface area (Å²) in [4.78, 5) is 0. The van der Waals surface area contributed by atoms with Crippen molar-refractivity contribution >= 4 is 0 Å². The van der Waals surface area contributed by atoms with Crippen LogP contribution in [0.5, 0.6) is 5.75 Å². The van der Waals surface area contributed by atoms with E-state index in [-0.39, 0.29) is 5.92 Å². The molecular weight excluding hydrogens is 258 g/mol. The number of unbranched alkanes of at least 4 members (excludes halogenated alkanes) is 1. The molecule has 0 N–H and O–H groups in total. The van der Waals surface area contributed by atoms with E-state index in [0.717, 1.165) is 49.0 Å². The van der Waals surface area contributed by atoms with Gasteiger partial charge in [-0.05, 0) is 37.3 Å². The Bertz CT molecular complexity index is 511. The number of methoxy groups -OCH3 is 1. The fraction of sp³-hybridized carbons (Fsp3) is 0.421. The van der Waals surface area contributed by atoms with Gasteiger partial charge in [-0.1, -0.05) is 43.7 Å². The average Bonchev–Trinajstić information content (AvgIpc) is 2.52. The highest BCUT2D eigenvalue weighted by molar-refractivity contribution is 5.45. The van der Waals surface area contributed by atoms with Gasteiger partial charge in [0.05, 0.1) is 19.1 Å². The topological polar surface area (TPSA) is 33.0 Å². The van der Waals surface area contributed by atoms with Gasteiger partial charge in [0, 0.05) is 5.56 Å². The molecule has 0 aromatic heterocycles. The number of ether oxygens (including phenoxy) is 1. The number of allylic oxidation sites excluding steroid dienone is 3. The van der Waals surface area contributed by atoms with Crippen LogP contribution in [-0.2, 0) is 6.42 Å². The number of rotatable bonds is 9. The first-order valence-corrected chi connectivity index (χ1v) is 7.59. The van der Waals surface area contributed by atoms with Crippen LogP contribution in [0.2, 0.25) is 0 Å². The quantitative estimate of drug-likeness (QED) is 0.586. The molecule has 0 spiro atoms. The molecule has 1 atom stereocenters. The Morgan fingerprint density at radius 3 is 2.76 bits per heavy atom. The number of benzene rings is 1. The summed E-state index contributed by atoms with van der Waals surface area (Å²) in [6.07, 6.45) is 10.9. The molecule has 1 unspecified atom stereocenters. The zero-order valence-corrected chi connectivity index (χ0v) is 13.1. The van der Waals surface area contributed by atoms with Crippen molar-refractivity contribution in [2.24, 2.45) is 0 Å². The smallest absolute Gasteiger partial charge is 0.122 e. The Morgan fingerprint density at radius 1 is 1.33 bits per heavy atom. The lowest BCUT2D eigenvalue weighted by molar-refractivity contribution is 0.409. The summed E-state index contributed by atoms with van der Waals surface area (Å²) in [5.74, 6) is 0.764. The minimum absolute atomic E-state index is 0.104. The zero-order valence-electron chi connectivity index (χ0n) is 13.1. The van der Waals surface area contributed by atoms with E-state index in [1.54, 1.807) is 7.11 Å². The number of hydrogen-bond acceptors (Lipinski definition) is 2. The SMILES string of the molecule is C=CCCC(C#N)c1cccc(OC)c1C/C=C/CCC. The molecule has 0 bridgehead atoms. The van der Waals surface area contributed by atoms with Crippen LogP contribution in [0.25, 0.3) is 0 Å². The Hall–Kier alpha value is -2.01. The Balaban J connectivity index is 3.06. The van der Waals surface area contributed by atoms with Crippen LogP contribution in [0.15, 0.2) is 43.0 Å². The Labute approximate surface area is 128 Å². The largest absolute Gasteiger partial charge is 0.496 e. The second kappa shape index (κ2) is 9.83. The fourth-order valence-electron chi connectivity index (χ4n) is 2.38. The summed E-state index contributed by atoms with van der Waals surface area (Å²) >= 11 is 0. The molecule has 0 saturated carbocycles. The van der Waals surface area contributed by atoms with Crippen molar-refractivity contribution < 1.29 is 4.74 Å². The van der Waals surface area contributed by atoms with Gasteiger partial charge in [0.25, 0.3) is 0 Å². The van der Waals surface area contributed by atoms with E-state index in [2.05, 4.69) is 31.7 Å². The van der Waals surface area contributed by atoms with E-state index in [0.29, 0.717) is 0 Å². The minimum Gasteiger partial charge on any atom is -0.496 e. The van der Waals surface area contributed by atoms with Crippen LogP contribution in [0.4, 0.5) is 0 Å². The van der Waals surface area contributed by atoms with Crippen LogP contribution in [0.1, 0.15) is 49.7 Å². The van der Waals surface area contributed by atoms with Crippen LogP contribution in [0.3, 0.4) is 0 Å². The van der Waals surface area contributed by atoms with Crippen molar-refractivity contribution in [1.82, 2.24) is 0 Å². The highest BCUT2D eigenvalue weighted by Crippen LogP contribution is 2.31. The molecule has 0 aliphatic rings. The summed E-state index contributed by atoms with van der Waals surface area (Å²) in [6, 6.07) is 8.39. The Kier molecular flexibility index (Phi) is 7.97. The molecule has 112 valence electrons. The molecule has 1 aromatic carbocycles. The molecule has 0 aliphatic carbocycles. The lowest BCUT2D eigenvalue weighted by atomic mass is 9.89. The molecule has 1 rings (SSSR count). The van der Waals surface area contributed by atoms with E-state index < -0.39 is 0 Å². The van der Waals surface area contributed by atoms with Gasteiger partial charge in [0.2, 0.25) is 0 Å². The second-order valence-electron chi connectivity index (χ2n) is 5.04. The van der Waals surface area contributed by atoms with Gasteiger partial charge in [0.15, 0.2) is 0 Å². The van der Waals surface area contributed by atoms with Crippen LogP contribution in [0, 0.1) is 11.3 Å². The van der Waals surface area contributed by atoms with E-state index in [9.17, 15) is 5.26 Å². The third-order valence-electron chi connectivity index (χ3n) is 3.52. The predicted molar refractivity (Wildman–Crippen MR) is 88.5 cm³/mol. The van der Waals surface area contributed by atoms with E-state index in [4.69, 9.17) is 4.74 Å². The zero-order chi connectivity index (χ0) is 15.5. The van der Waals surface area contributed by atoms with Crippen molar-refractivity contribution in [2.45, 2.75) is 44.9 Å². The van der Waals surface area contributed by atoms with Gasteiger partial charge in [-0.25, -0.2) is 0 Å². The summed E-state index contributed by atoms with van der Waals surface area (Å²) in [6.45, 7) is 5.91. The maximum absolute atomic E-state index is 9.46. The number of nitriles is 1. The van der Waals surface area contributed by atoms with Crippen LogP contribution in [-0.4, -0.2) is 7.11 Å². The predicted octanol–water partition coefficient (Wildman–Crippen LogP) is 5.17. The van der Waals surface area contributed by atoms with Gasteiger partial charge in [-0.15, -0.1) is 6.58 Å². The van der Waals surface area contributed by atoms with E-state index >= 15 is 0 Å². The van der Waals surface area contributed by atoms with Crippen molar-refractivity contribution in [1.29, 1.82) is 5.26 Å². The first-order valence-electron chi connectivity index (χ1n) is 7.59. The summed E-state index contributed by atoms with van der Waals surface area (Å²) in [7, 11) is 1.68. The lowest BCUT2D eigenvalue weighted by Gasteiger charge is -2.16. The maximum Gasteiger partial charge on any atom is 0.122 e. The molecule has 2 nitrogen and oxygen atoms in total. The van der Waals surface area contributed by atoms with Gasteiger partial charge < -0.3 is 4.74 Å². The maximum atomic E-state index is 9.46. The summed E-state index contributed by atoms with van der Waals surface area (Å²) in [5, 5.41) is 9.46. The third kappa shape index (κ3) is 5.11. The number of nitrogens with zero attached hydrogens (tertiary/aromatic N) is 1. The average molecular weight is 283 g/mol. The van der Waals surface area contributed by atoms with Crippen LogP contribution >= 0.6 is 0 Å². The highest BCUT2D eigenvalue weighted by atomic mass is 16.5. The molecule has 2 heteroatoms. The van der Waals surface area contributed by atoms with Gasteiger partial charge in [-0.3, -0.25) is 0 Å². The molecule has 0 amide bonds. The molecule has 0 saturated heterocycles.